The van der Waals surface area contributed by atoms with E-state index in [1.807, 2.05) is 11.3 Å². The van der Waals surface area contributed by atoms with Crippen LogP contribution in [0.4, 0.5) is 17.1 Å². The van der Waals surface area contributed by atoms with Crippen molar-refractivity contribution in [3.05, 3.63) is 182 Å². The number of thiophene rings is 1. The van der Waals surface area contributed by atoms with Crippen molar-refractivity contribution >= 4 is 81.1 Å². The molecule has 0 amide bonds. The summed E-state index contributed by atoms with van der Waals surface area (Å²) in [4.78, 5) is 2.39. The molecule has 0 aliphatic heterocycles. The van der Waals surface area contributed by atoms with Crippen LogP contribution in [0.5, 0.6) is 0 Å². The van der Waals surface area contributed by atoms with Gasteiger partial charge in [-0.3, -0.25) is 0 Å². The molecule has 2 heterocycles. The number of rotatable bonds is 5. The van der Waals surface area contributed by atoms with Gasteiger partial charge in [0.25, 0.3) is 0 Å². The highest BCUT2D eigenvalue weighted by molar-refractivity contribution is 7.26. The number of nitrogens with zero attached hydrogens (tertiary/aromatic N) is 2. The van der Waals surface area contributed by atoms with E-state index in [9.17, 15) is 0 Å². The van der Waals surface area contributed by atoms with Gasteiger partial charge in [0.2, 0.25) is 0 Å². The van der Waals surface area contributed by atoms with Crippen LogP contribution in [0.3, 0.4) is 0 Å². The first-order valence-electron chi connectivity index (χ1n) is 16.7. The standard InChI is InChI=1S/C46H30N2S/c1-3-13-34(14-4-1)47(43-21-11-19-39-38-18-9-10-20-42(38)48(45(39)43)35-15-5-2-6-16-35)36-26-22-31(23-27-36)33-25-29-44-41(30-33)40-28-24-32-12-7-8-17-37(32)46(40)49-44/h1-30H. The average molecular weight is 643 g/mol. The van der Waals surface area contributed by atoms with Crippen molar-refractivity contribution in [2.45, 2.75) is 0 Å². The van der Waals surface area contributed by atoms with Crippen molar-refractivity contribution in [3.8, 4) is 16.8 Å². The summed E-state index contributed by atoms with van der Waals surface area (Å²) in [6, 6.07) is 66.0. The van der Waals surface area contributed by atoms with Crippen molar-refractivity contribution in [1.29, 1.82) is 0 Å². The number of aromatic nitrogens is 1. The van der Waals surface area contributed by atoms with Crippen LogP contribution >= 0.6 is 11.3 Å². The minimum absolute atomic E-state index is 1.11. The Balaban J connectivity index is 1.14. The molecule has 8 aromatic carbocycles. The van der Waals surface area contributed by atoms with Gasteiger partial charge in [-0.1, -0.05) is 121 Å². The summed E-state index contributed by atoms with van der Waals surface area (Å²) < 4.78 is 5.10. The zero-order chi connectivity index (χ0) is 32.3. The Morgan fingerprint density at radius 2 is 1.10 bits per heavy atom. The Hall–Kier alpha value is -6.16. The van der Waals surface area contributed by atoms with E-state index >= 15 is 0 Å². The fraction of sp³-hybridized carbons (Fsp3) is 0. The van der Waals surface area contributed by atoms with Crippen LogP contribution in [0.1, 0.15) is 0 Å². The van der Waals surface area contributed by atoms with E-state index in [0.717, 1.165) is 22.7 Å². The minimum atomic E-state index is 1.11. The van der Waals surface area contributed by atoms with Gasteiger partial charge in [-0.15, -0.1) is 11.3 Å². The molecule has 2 aromatic heterocycles. The number of hydrogen-bond donors (Lipinski definition) is 0. The maximum atomic E-state index is 2.41. The molecule has 10 rings (SSSR count). The monoisotopic (exact) mass is 642 g/mol. The van der Waals surface area contributed by atoms with Crippen LogP contribution in [0.25, 0.3) is 69.6 Å². The van der Waals surface area contributed by atoms with Gasteiger partial charge >= 0.3 is 0 Å². The van der Waals surface area contributed by atoms with Crippen LogP contribution in [-0.2, 0) is 0 Å². The first-order valence-corrected chi connectivity index (χ1v) is 17.5. The molecule has 0 atom stereocenters. The van der Waals surface area contributed by atoms with E-state index in [0.29, 0.717) is 0 Å². The highest BCUT2D eigenvalue weighted by atomic mass is 32.1. The molecule has 49 heavy (non-hydrogen) atoms. The quantitative estimate of drug-likeness (QED) is 0.181. The van der Waals surface area contributed by atoms with Gasteiger partial charge in [0.1, 0.15) is 0 Å². The molecule has 10 aromatic rings. The van der Waals surface area contributed by atoms with Gasteiger partial charge in [-0.25, -0.2) is 0 Å². The van der Waals surface area contributed by atoms with Crippen molar-refractivity contribution in [2.75, 3.05) is 4.90 Å². The SMILES string of the molecule is c1ccc(N(c2ccc(-c3ccc4sc5c6ccccc6ccc5c4c3)cc2)c2cccc3c4ccccc4n(-c4ccccc4)c23)cc1. The number of para-hydroxylation sites is 4. The molecular weight excluding hydrogens is 613 g/mol. The summed E-state index contributed by atoms with van der Waals surface area (Å²) in [7, 11) is 0. The zero-order valence-corrected chi connectivity index (χ0v) is 27.4. The molecule has 0 saturated heterocycles. The first-order chi connectivity index (χ1) is 24.3. The summed E-state index contributed by atoms with van der Waals surface area (Å²) in [5, 5.41) is 7.75. The third kappa shape index (κ3) is 4.47. The van der Waals surface area contributed by atoms with Crippen LogP contribution < -0.4 is 4.90 Å². The van der Waals surface area contributed by atoms with E-state index in [1.54, 1.807) is 0 Å². The highest BCUT2D eigenvalue weighted by Crippen LogP contribution is 2.44. The second-order valence-electron chi connectivity index (χ2n) is 12.6. The average Bonchev–Trinajstić information content (AvgIpc) is 3.72. The number of hydrogen-bond acceptors (Lipinski definition) is 2. The lowest BCUT2D eigenvalue weighted by molar-refractivity contribution is 1.17. The van der Waals surface area contributed by atoms with Gasteiger partial charge in [0.05, 0.1) is 16.7 Å². The Kier molecular flexibility index (Phi) is 6.39. The van der Waals surface area contributed by atoms with Crippen molar-refractivity contribution in [3.63, 3.8) is 0 Å². The third-order valence-electron chi connectivity index (χ3n) is 9.76. The van der Waals surface area contributed by atoms with Crippen LogP contribution in [0.15, 0.2) is 182 Å². The molecule has 0 fully saturated rings. The Bertz CT molecular complexity index is 2810. The van der Waals surface area contributed by atoms with Crippen molar-refractivity contribution in [2.24, 2.45) is 0 Å². The third-order valence-corrected chi connectivity index (χ3v) is 11.0. The van der Waals surface area contributed by atoms with Crippen LogP contribution in [0, 0.1) is 0 Å². The molecule has 0 radical (unpaired) electrons. The Morgan fingerprint density at radius 1 is 0.429 bits per heavy atom. The minimum Gasteiger partial charge on any atom is -0.308 e. The van der Waals surface area contributed by atoms with Gasteiger partial charge in [0, 0.05) is 48.0 Å². The van der Waals surface area contributed by atoms with Gasteiger partial charge in [-0.2, -0.15) is 0 Å². The molecule has 0 bridgehead atoms. The second kappa shape index (κ2) is 11.2. The zero-order valence-electron chi connectivity index (χ0n) is 26.6. The topological polar surface area (TPSA) is 8.17 Å². The molecule has 0 spiro atoms. The summed E-state index contributed by atoms with van der Waals surface area (Å²) in [6.07, 6.45) is 0. The molecule has 0 N–H and O–H groups in total. The van der Waals surface area contributed by atoms with E-state index in [2.05, 4.69) is 191 Å². The number of benzene rings is 8. The van der Waals surface area contributed by atoms with Gasteiger partial charge in [-0.05, 0) is 82.6 Å². The fourth-order valence-electron chi connectivity index (χ4n) is 7.52. The smallest absolute Gasteiger partial charge is 0.0782 e. The maximum Gasteiger partial charge on any atom is 0.0782 e. The van der Waals surface area contributed by atoms with E-state index < -0.39 is 0 Å². The maximum absolute atomic E-state index is 2.41. The summed E-state index contributed by atoms with van der Waals surface area (Å²) in [5.74, 6) is 0. The molecular formula is C46H30N2S. The molecule has 230 valence electrons. The molecule has 2 nitrogen and oxygen atoms in total. The summed E-state index contributed by atoms with van der Waals surface area (Å²) in [5.41, 5.74) is 9.32. The summed E-state index contributed by atoms with van der Waals surface area (Å²) >= 11 is 1.89. The van der Waals surface area contributed by atoms with E-state index in [-0.39, 0.29) is 0 Å². The fourth-order valence-corrected chi connectivity index (χ4v) is 8.74. The van der Waals surface area contributed by atoms with E-state index in [1.165, 1.54) is 63.9 Å². The molecule has 0 aliphatic rings. The first kappa shape index (κ1) is 27.9. The summed E-state index contributed by atoms with van der Waals surface area (Å²) in [6.45, 7) is 0. The predicted molar refractivity (Wildman–Crippen MR) is 211 cm³/mol. The highest BCUT2D eigenvalue weighted by Gasteiger charge is 2.21. The number of fused-ring (bicyclic) bond motifs is 8. The lowest BCUT2D eigenvalue weighted by Crippen LogP contribution is -2.11. The molecule has 3 heteroatoms. The Labute approximate surface area is 288 Å². The molecule has 0 aliphatic carbocycles. The van der Waals surface area contributed by atoms with Gasteiger partial charge in [0.15, 0.2) is 0 Å². The van der Waals surface area contributed by atoms with Crippen molar-refractivity contribution < 1.29 is 0 Å². The molecule has 0 saturated carbocycles. The normalized spacial score (nSPS) is 11.7. The van der Waals surface area contributed by atoms with E-state index in [4.69, 9.17) is 0 Å². The predicted octanol–water partition coefficient (Wildman–Crippen LogP) is 13.4. The Morgan fingerprint density at radius 3 is 1.94 bits per heavy atom. The van der Waals surface area contributed by atoms with Crippen molar-refractivity contribution in [1.82, 2.24) is 4.57 Å². The van der Waals surface area contributed by atoms with Gasteiger partial charge < -0.3 is 9.47 Å². The lowest BCUT2D eigenvalue weighted by Gasteiger charge is -2.27. The second-order valence-corrected chi connectivity index (χ2v) is 13.6. The van der Waals surface area contributed by atoms with Crippen LogP contribution in [-0.4, -0.2) is 4.57 Å². The number of anilines is 3. The lowest BCUT2D eigenvalue weighted by atomic mass is 10.0. The van der Waals surface area contributed by atoms with Crippen LogP contribution in [0.2, 0.25) is 0 Å². The largest absolute Gasteiger partial charge is 0.308 e. The molecule has 0 unspecified atom stereocenters.